The van der Waals surface area contributed by atoms with Gasteiger partial charge >= 0.3 is 5.97 Å². The Balaban J connectivity index is 1.31. The minimum atomic E-state index is -0.977. The highest BCUT2D eigenvalue weighted by Crippen LogP contribution is 2.30. The molecular formula is C23H21F2N5O2. The molecule has 2 aromatic carbocycles. The first-order valence-corrected chi connectivity index (χ1v) is 10.4. The zero-order chi connectivity index (χ0) is 22.2. The van der Waals surface area contributed by atoms with Crippen molar-refractivity contribution in [2.24, 2.45) is 0 Å². The van der Waals surface area contributed by atoms with E-state index >= 15 is 0 Å². The number of nitrogens with zero attached hydrogens (tertiary/aromatic N) is 4. The second-order valence-corrected chi connectivity index (χ2v) is 7.94. The van der Waals surface area contributed by atoms with Crippen LogP contribution in [0, 0.1) is 11.6 Å². The van der Waals surface area contributed by atoms with Gasteiger partial charge < -0.3 is 15.0 Å². The number of fused-ring (bicyclic) bond motifs is 3. The Morgan fingerprint density at radius 3 is 2.59 bits per heavy atom. The Morgan fingerprint density at radius 2 is 1.84 bits per heavy atom. The molecule has 3 heterocycles. The number of nitrogens with one attached hydrogen (secondary N) is 1. The highest BCUT2D eigenvalue weighted by atomic mass is 19.2. The highest BCUT2D eigenvalue weighted by molar-refractivity contribution is 6.10. The first-order valence-electron chi connectivity index (χ1n) is 10.4. The summed E-state index contributed by atoms with van der Waals surface area (Å²) in [5, 5.41) is 10.0. The van der Waals surface area contributed by atoms with E-state index in [1.54, 1.807) is 24.3 Å². The van der Waals surface area contributed by atoms with Crippen LogP contribution >= 0.6 is 0 Å². The highest BCUT2D eigenvalue weighted by Gasteiger charge is 2.22. The first kappa shape index (κ1) is 20.3. The third-order valence-corrected chi connectivity index (χ3v) is 5.98. The number of rotatable bonds is 5. The zero-order valence-electron chi connectivity index (χ0n) is 17.2. The van der Waals surface area contributed by atoms with Crippen molar-refractivity contribution in [3.8, 4) is 0 Å². The number of hydrogen-bond donors (Lipinski definition) is 2. The number of hydrogen-bond acceptors (Lipinski definition) is 5. The molecule has 0 aliphatic carbocycles. The third-order valence-electron chi connectivity index (χ3n) is 5.98. The summed E-state index contributed by atoms with van der Waals surface area (Å²) >= 11 is 0. The molecule has 32 heavy (non-hydrogen) atoms. The molecule has 2 N–H and O–H groups in total. The van der Waals surface area contributed by atoms with E-state index in [1.165, 1.54) is 18.5 Å². The fourth-order valence-electron chi connectivity index (χ4n) is 4.22. The van der Waals surface area contributed by atoms with E-state index in [2.05, 4.69) is 24.8 Å². The summed E-state index contributed by atoms with van der Waals surface area (Å²) in [4.78, 5) is 28.0. The lowest BCUT2D eigenvalue weighted by atomic mass is 10.1. The summed E-state index contributed by atoms with van der Waals surface area (Å²) in [6.45, 7) is 3.93. The molecule has 7 nitrogen and oxygen atoms in total. The minimum absolute atomic E-state index is 0.216. The van der Waals surface area contributed by atoms with Crippen LogP contribution in [0.3, 0.4) is 0 Å². The predicted molar refractivity (Wildman–Crippen MR) is 117 cm³/mol. The second-order valence-electron chi connectivity index (χ2n) is 7.94. The number of aromatic amines is 1. The summed E-state index contributed by atoms with van der Waals surface area (Å²) in [7, 11) is 0. The van der Waals surface area contributed by atoms with Crippen LogP contribution in [0.5, 0.6) is 0 Å². The van der Waals surface area contributed by atoms with Gasteiger partial charge in [-0.15, -0.1) is 0 Å². The average molecular weight is 437 g/mol. The molecule has 1 fully saturated rings. The van der Waals surface area contributed by atoms with E-state index in [1.807, 2.05) is 0 Å². The summed E-state index contributed by atoms with van der Waals surface area (Å²) < 4.78 is 26.5. The van der Waals surface area contributed by atoms with Crippen LogP contribution in [0.15, 0.2) is 42.7 Å². The molecule has 1 aliphatic heterocycles. The maximum absolute atomic E-state index is 13.4. The molecule has 2 aromatic heterocycles. The number of benzene rings is 2. The van der Waals surface area contributed by atoms with E-state index in [0.717, 1.165) is 60.5 Å². The van der Waals surface area contributed by atoms with Gasteiger partial charge in [-0.2, -0.15) is 0 Å². The van der Waals surface area contributed by atoms with Crippen LogP contribution in [-0.2, 0) is 6.42 Å². The normalized spacial score (nSPS) is 15.0. The van der Waals surface area contributed by atoms with E-state index in [9.17, 15) is 18.7 Å². The molecule has 4 aromatic rings. The Bertz CT molecular complexity index is 1310. The molecule has 9 heteroatoms. The van der Waals surface area contributed by atoms with Gasteiger partial charge in [0.1, 0.15) is 17.4 Å². The smallest absolute Gasteiger partial charge is 0.335 e. The molecular weight excluding hydrogens is 416 g/mol. The Labute approximate surface area is 182 Å². The lowest BCUT2D eigenvalue weighted by Crippen LogP contribution is -2.47. The van der Waals surface area contributed by atoms with Gasteiger partial charge in [0.2, 0.25) is 0 Å². The fraction of sp³-hybridized carbons (Fsp3) is 0.261. The average Bonchev–Trinajstić information content (AvgIpc) is 3.18. The number of carboxylic acids is 1. The fourth-order valence-corrected chi connectivity index (χ4v) is 4.22. The number of anilines is 1. The summed E-state index contributed by atoms with van der Waals surface area (Å²) in [5.41, 5.74) is 3.31. The van der Waals surface area contributed by atoms with E-state index in [0.29, 0.717) is 11.9 Å². The number of piperazine rings is 1. The monoisotopic (exact) mass is 437 g/mol. The van der Waals surface area contributed by atoms with Crippen molar-refractivity contribution in [3.63, 3.8) is 0 Å². The van der Waals surface area contributed by atoms with E-state index < -0.39 is 17.6 Å². The molecule has 0 radical (unpaired) electrons. The van der Waals surface area contributed by atoms with Gasteiger partial charge in [0.25, 0.3) is 0 Å². The molecule has 164 valence electrons. The zero-order valence-corrected chi connectivity index (χ0v) is 17.2. The maximum Gasteiger partial charge on any atom is 0.335 e. The number of carbonyl (C=O) groups is 1. The van der Waals surface area contributed by atoms with Crippen molar-refractivity contribution >= 4 is 33.7 Å². The van der Waals surface area contributed by atoms with Crippen molar-refractivity contribution in [1.82, 2.24) is 19.9 Å². The van der Waals surface area contributed by atoms with Crippen LogP contribution in [0.25, 0.3) is 21.9 Å². The molecule has 0 spiro atoms. The lowest BCUT2D eigenvalue weighted by molar-refractivity contribution is 0.0697. The SMILES string of the molecule is O=C(O)c1ccc2[nH]c3c(N4CCN(CCc5ccc(F)c(F)c5)CC4)ncnc3c2c1. The van der Waals surface area contributed by atoms with Crippen LogP contribution in [0.4, 0.5) is 14.6 Å². The Morgan fingerprint density at radius 1 is 1.03 bits per heavy atom. The van der Waals surface area contributed by atoms with Gasteiger partial charge in [-0.1, -0.05) is 6.07 Å². The largest absolute Gasteiger partial charge is 0.478 e. The first-order chi connectivity index (χ1) is 15.5. The van der Waals surface area contributed by atoms with Crippen molar-refractivity contribution in [2.45, 2.75) is 6.42 Å². The Kier molecular flexibility index (Phi) is 5.18. The van der Waals surface area contributed by atoms with Gasteiger partial charge in [-0.05, 0) is 42.3 Å². The van der Waals surface area contributed by atoms with Crippen LogP contribution in [0.1, 0.15) is 15.9 Å². The van der Waals surface area contributed by atoms with Gasteiger partial charge in [-0.25, -0.2) is 23.5 Å². The van der Waals surface area contributed by atoms with Crippen molar-refractivity contribution < 1.29 is 18.7 Å². The number of H-pyrrole nitrogens is 1. The molecule has 0 unspecified atom stereocenters. The van der Waals surface area contributed by atoms with Crippen LogP contribution in [-0.4, -0.2) is 63.7 Å². The molecule has 0 bridgehead atoms. The topological polar surface area (TPSA) is 85.4 Å². The predicted octanol–water partition coefficient (Wildman–Crippen LogP) is 3.45. The van der Waals surface area contributed by atoms with Crippen molar-refractivity contribution in [3.05, 3.63) is 65.5 Å². The molecule has 0 atom stereocenters. The van der Waals surface area contributed by atoms with Gasteiger partial charge in [0.05, 0.1) is 5.56 Å². The maximum atomic E-state index is 13.4. The van der Waals surface area contributed by atoms with E-state index in [-0.39, 0.29) is 5.56 Å². The number of aromatic carboxylic acids is 1. The summed E-state index contributed by atoms with van der Waals surface area (Å²) in [6.07, 6.45) is 2.16. The lowest BCUT2D eigenvalue weighted by Gasteiger charge is -2.35. The van der Waals surface area contributed by atoms with E-state index in [4.69, 9.17) is 0 Å². The number of halogens is 2. The second kappa shape index (κ2) is 8.16. The summed E-state index contributed by atoms with van der Waals surface area (Å²) in [6, 6.07) is 9.00. The van der Waals surface area contributed by atoms with Crippen molar-refractivity contribution in [1.29, 1.82) is 0 Å². The van der Waals surface area contributed by atoms with Gasteiger partial charge in [0.15, 0.2) is 17.5 Å². The van der Waals surface area contributed by atoms with Crippen LogP contribution in [0.2, 0.25) is 0 Å². The van der Waals surface area contributed by atoms with Crippen molar-refractivity contribution in [2.75, 3.05) is 37.6 Å². The number of carboxylic acid groups (broad SMARTS) is 1. The molecule has 1 aliphatic rings. The molecule has 0 amide bonds. The molecule has 5 rings (SSSR count). The third kappa shape index (κ3) is 3.75. The Hall–Kier alpha value is -3.59. The number of aromatic nitrogens is 3. The minimum Gasteiger partial charge on any atom is -0.478 e. The van der Waals surface area contributed by atoms with Crippen LogP contribution < -0.4 is 4.90 Å². The van der Waals surface area contributed by atoms with Gasteiger partial charge in [0, 0.05) is 43.6 Å². The quantitative estimate of drug-likeness (QED) is 0.498. The summed E-state index contributed by atoms with van der Waals surface area (Å²) in [5.74, 6) is -1.82. The molecule has 1 saturated heterocycles. The van der Waals surface area contributed by atoms with Gasteiger partial charge in [-0.3, -0.25) is 4.90 Å². The molecule has 0 saturated carbocycles. The standard InChI is InChI=1S/C23H21F2N5O2/c24-17-3-1-14(11-18(17)25)5-6-29-7-9-30(10-8-29)22-21-20(26-13-27-22)16-12-15(23(31)32)2-4-19(16)28-21/h1-4,11-13,28H,5-10H2,(H,31,32).